The highest BCUT2D eigenvalue weighted by atomic mass is 16.4. The summed E-state index contributed by atoms with van der Waals surface area (Å²) in [4.78, 5) is 11.2. The molecule has 0 amide bonds. The lowest BCUT2D eigenvalue weighted by Gasteiger charge is -2.11. The predicted molar refractivity (Wildman–Crippen MR) is 68.4 cm³/mol. The van der Waals surface area contributed by atoms with E-state index in [9.17, 15) is 9.90 Å². The molecule has 2 aromatic rings. The topological polar surface area (TPSA) is 49.3 Å². The van der Waals surface area contributed by atoms with Gasteiger partial charge in [0, 0.05) is 18.3 Å². The van der Waals surface area contributed by atoms with Crippen molar-refractivity contribution in [2.75, 3.05) is 12.4 Å². The lowest BCUT2D eigenvalue weighted by atomic mass is 9.98. The van der Waals surface area contributed by atoms with E-state index in [0.29, 0.717) is 5.56 Å². The summed E-state index contributed by atoms with van der Waals surface area (Å²) < 4.78 is 0. The fourth-order valence-electron chi connectivity index (χ4n) is 1.84. The van der Waals surface area contributed by atoms with Crippen molar-refractivity contribution in [2.45, 2.75) is 0 Å². The van der Waals surface area contributed by atoms with Gasteiger partial charge in [0.1, 0.15) is 0 Å². The van der Waals surface area contributed by atoms with Crippen LogP contribution >= 0.6 is 0 Å². The molecule has 2 rings (SSSR count). The van der Waals surface area contributed by atoms with Gasteiger partial charge in [-0.2, -0.15) is 0 Å². The van der Waals surface area contributed by atoms with E-state index in [1.165, 1.54) is 0 Å². The van der Waals surface area contributed by atoms with Crippen molar-refractivity contribution in [3.63, 3.8) is 0 Å². The first-order valence-corrected chi connectivity index (χ1v) is 5.33. The van der Waals surface area contributed by atoms with E-state index in [1.807, 2.05) is 43.4 Å². The fraction of sp³-hybridized carbons (Fsp3) is 0.0714. The molecule has 2 aromatic carbocycles. The molecule has 0 aliphatic heterocycles. The summed E-state index contributed by atoms with van der Waals surface area (Å²) in [5.41, 5.74) is 2.86. The molecule has 0 aliphatic carbocycles. The minimum Gasteiger partial charge on any atom is -0.478 e. The molecule has 0 aliphatic rings. The summed E-state index contributed by atoms with van der Waals surface area (Å²) in [7, 11) is 1.82. The second-order valence-corrected chi connectivity index (χ2v) is 3.65. The number of anilines is 1. The Kier molecular flexibility index (Phi) is 3.10. The Morgan fingerprint density at radius 1 is 1.00 bits per heavy atom. The fourth-order valence-corrected chi connectivity index (χ4v) is 1.84. The Bertz CT molecular complexity index is 549. The van der Waals surface area contributed by atoms with E-state index in [1.54, 1.807) is 12.1 Å². The van der Waals surface area contributed by atoms with Crippen LogP contribution in [0.3, 0.4) is 0 Å². The van der Waals surface area contributed by atoms with Crippen molar-refractivity contribution >= 4 is 11.7 Å². The number of para-hydroxylation sites is 1. The molecule has 0 fully saturated rings. The van der Waals surface area contributed by atoms with Crippen LogP contribution in [0.25, 0.3) is 11.1 Å². The number of carboxylic acids is 1. The van der Waals surface area contributed by atoms with Gasteiger partial charge in [-0.05, 0) is 17.7 Å². The lowest BCUT2D eigenvalue weighted by Crippen LogP contribution is -2.00. The first kappa shape index (κ1) is 11.2. The quantitative estimate of drug-likeness (QED) is 0.847. The van der Waals surface area contributed by atoms with E-state index in [4.69, 9.17) is 0 Å². The maximum absolute atomic E-state index is 11.2. The van der Waals surface area contributed by atoms with Crippen molar-refractivity contribution in [1.29, 1.82) is 0 Å². The van der Waals surface area contributed by atoms with Gasteiger partial charge in [0.25, 0.3) is 0 Å². The third kappa shape index (κ3) is 2.13. The van der Waals surface area contributed by atoms with Crippen LogP contribution in [0.5, 0.6) is 0 Å². The first-order valence-electron chi connectivity index (χ1n) is 5.33. The van der Waals surface area contributed by atoms with Crippen LogP contribution in [-0.2, 0) is 0 Å². The van der Waals surface area contributed by atoms with Crippen LogP contribution < -0.4 is 5.32 Å². The van der Waals surface area contributed by atoms with Crippen molar-refractivity contribution < 1.29 is 9.90 Å². The van der Waals surface area contributed by atoms with Gasteiger partial charge < -0.3 is 10.4 Å². The molecule has 0 unspecified atom stereocenters. The highest BCUT2D eigenvalue weighted by molar-refractivity contribution is 5.98. The highest BCUT2D eigenvalue weighted by Gasteiger charge is 2.12. The van der Waals surface area contributed by atoms with Gasteiger partial charge in [-0.1, -0.05) is 36.4 Å². The standard InChI is InChI=1S/C14H13NO2/c1-15-13-9-5-4-7-11(13)10-6-2-3-8-12(10)14(16)17/h2-9,15H,1H3,(H,16,17). The minimum absolute atomic E-state index is 0.315. The number of rotatable bonds is 3. The predicted octanol–water partition coefficient (Wildman–Crippen LogP) is 3.09. The summed E-state index contributed by atoms with van der Waals surface area (Å²) in [5, 5.41) is 12.2. The third-order valence-electron chi connectivity index (χ3n) is 2.64. The molecular weight excluding hydrogens is 214 g/mol. The molecule has 0 aromatic heterocycles. The number of nitrogens with one attached hydrogen (secondary N) is 1. The number of carboxylic acid groups (broad SMARTS) is 1. The molecule has 0 saturated heterocycles. The molecule has 0 heterocycles. The van der Waals surface area contributed by atoms with Gasteiger partial charge in [0.05, 0.1) is 5.56 Å². The lowest BCUT2D eigenvalue weighted by molar-refractivity contribution is 0.0698. The molecule has 0 spiro atoms. The Morgan fingerprint density at radius 2 is 1.59 bits per heavy atom. The molecule has 3 nitrogen and oxygen atoms in total. The van der Waals surface area contributed by atoms with Gasteiger partial charge in [0.15, 0.2) is 0 Å². The van der Waals surface area contributed by atoms with Gasteiger partial charge >= 0.3 is 5.97 Å². The molecule has 86 valence electrons. The van der Waals surface area contributed by atoms with E-state index in [-0.39, 0.29) is 0 Å². The van der Waals surface area contributed by atoms with Crippen molar-refractivity contribution in [3.8, 4) is 11.1 Å². The molecule has 0 atom stereocenters. The Hall–Kier alpha value is -2.29. The molecule has 3 heteroatoms. The average molecular weight is 227 g/mol. The summed E-state index contributed by atoms with van der Waals surface area (Å²) in [6.45, 7) is 0. The van der Waals surface area contributed by atoms with Crippen molar-refractivity contribution in [3.05, 3.63) is 54.1 Å². The zero-order valence-corrected chi connectivity index (χ0v) is 9.47. The summed E-state index contributed by atoms with van der Waals surface area (Å²) >= 11 is 0. The molecule has 0 radical (unpaired) electrons. The van der Waals surface area contributed by atoms with Crippen molar-refractivity contribution in [1.82, 2.24) is 0 Å². The van der Waals surface area contributed by atoms with Crippen LogP contribution in [0.2, 0.25) is 0 Å². The van der Waals surface area contributed by atoms with Crippen LogP contribution in [0, 0.1) is 0 Å². The van der Waals surface area contributed by atoms with Crippen LogP contribution in [0.4, 0.5) is 5.69 Å². The number of hydrogen-bond acceptors (Lipinski definition) is 2. The van der Waals surface area contributed by atoms with E-state index >= 15 is 0 Å². The second kappa shape index (κ2) is 4.70. The van der Waals surface area contributed by atoms with Gasteiger partial charge in [0.2, 0.25) is 0 Å². The van der Waals surface area contributed by atoms with Gasteiger partial charge in [-0.25, -0.2) is 4.79 Å². The van der Waals surface area contributed by atoms with Gasteiger partial charge in [-0.15, -0.1) is 0 Å². The number of hydrogen-bond donors (Lipinski definition) is 2. The minimum atomic E-state index is -0.911. The smallest absolute Gasteiger partial charge is 0.336 e. The van der Waals surface area contributed by atoms with Crippen molar-refractivity contribution in [2.24, 2.45) is 0 Å². The molecule has 0 saturated carbocycles. The Balaban J connectivity index is 2.64. The number of aromatic carboxylic acids is 1. The third-order valence-corrected chi connectivity index (χ3v) is 2.64. The zero-order valence-electron chi connectivity index (χ0n) is 9.47. The normalized spacial score (nSPS) is 9.94. The SMILES string of the molecule is CNc1ccccc1-c1ccccc1C(=O)O. The van der Waals surface area contributed by atoms with E-state index in [0.717, 1.165) is 16.8 Å². The monoisotopic (exact) mass is 227 g/mol. The maximum Gasteiger partial charge on any atom is 0.336 e. The van der Waals surface area contributed by atoms with E-state index < -0.39 is 5.97 Å². The Morgan fingerprint density at radius 3 is 2.24 bits per heavy atom. The summed E-state index contributed by atoms with van der Waals surface area (Å²) in [6.07, 6.45) is 0. The Labute approximate surface area is 99.7 Å². The summed E-state index contributed by atoms with van der Waals surface area (Å²) in [5.74, 6) is -0.911. The molecule has 17 heavy (non-hydrogen) atoms. The maximum atomic E-state index is 11.2. The molecule has 2 N–H and O–H groups in total. The summed E-state index contributed by atoms with van der Waals surface area (Å²) in [6, 6.07) is 14.7. The largest absolute Gasteiger partial charge is 0.478 e. The van der Waals surface area contributed by atoms with Crippen LogP contribution in [0.15, 0.2) is 48.5 Å². The van der Waals surface area contributed by atoms with E-state index in [2.05, 4.69) is 5.32 Å². The number of carbonyl (C=O) groups is 1. The average Bonchev–Trinajstić information content (AvgIpc) is 2.38. The molecule has 0 bridgehead atoms. The van der Waals surface area contributed by atoms with Crippen LogP contribution in [-0.4, -0.2) is 18.1 Å². The second-order valence-electron chi connectivity index (χ2n) is 3.65. The first-order chi connectivity index (χ1) is 8.24. The molecular formula is C14H13NO2. The number of benzene rings is 2. The highest BCUT2D eigenvalue weighted by Crippen LogP contribution is 2.30. The van der Waals surface area contributed by atoms with Crippen LogP contribution in [0.1, 0.15) is 10.4 Å². The zero-order chi connectivity index (χ0) is 12.3. The van der Waals surface area contributed by atoms with Gasteiger partial charge in [-0.3, -0.25) is 0 Å².